The summed E-state index contributed by atoms with van der Waals surface area (Å²) in [6.45, 7) is 0.264. The first-order valence-corrected chi connectivity index (χ1v) is 7.63. The van der Waals surface area contributed by atoms with Crippen LogP contribution in [0.4, 0.5) is 0 Å². The highest BCUT2D eigenvalue weighted by Crippen LogP contribution is 2.10. The van der Waals surface area contributed by atoms with Gasteiger partial charge in [-0.3, -0.25) is 0 Å². The van der Waals surface area contributed by atoms with Crippen molar-refractivity contribution in [1.82, 2.24) is 4.31 Å². The van der Waals surface area contributed by atoms with Crippen molar-refractivity contribution >= 4 is 21.6 Å². The zero-order valence-corrected chi connectivity index (χ0v) is 11.7. The average Bonchev–Trinajstić information content (AvgIpc) is 2.36. The van der Waals surface area contributed by atoms with E-state index < -0.39 is 10.0 Å². The molecule has 0 aliphatic heterocycles. The standard InChI is InChI=1S/C12H15ClN2O2S/c1-15(18(16,17)7-3-6-13)10-12-5-2-4-11(8-12)9-14/h2,4-5,8H,3,6-7,10H2,1H3. The molecular formula is C12H15ClN2O2S. The van der Waals surface area contributed by atoms with Crippen LogP contribution in [0.2, 0.25) is 0 Å². The topological polar surface area (TPSA) is 61.2 Å². The first kappa shape index (κ1) is 15.0. The number of sulfonamides is 1. The van der Waals surface area contributed by atoms with Crippen LogP contribution in [0, 0.1) is 11.3 Å². The van der Waals surface area contributed by atoms with Crippen LogP contribution in [0.5, 0.6) is 0 Å². The SMILES string of the molecule is CN(Cc1cccc(C#N)c1)S(=O)(=O)CCCCl. The Kier molecular flexibility index (Phi) is 5.60. The normalized spacial score (nSPS) is 11.4. The van der Waals surface area contributed by atoms with Gasteiger partial charge in [-0.2, -0.15) is 5.26 Å². The summed E-state index contributed by atoms with van der Waals surface area (Å²) in [5.41, 5.74) is 1.32. The Morgan fingerprint density at radius 3 is 2.78 bits per heavy atom. The van der Waals surface area contributed by atoms with Crippen molar-refractivity contribution in [2.45, 2.75) is 13.0 Å². The second kappa shape index (κ2) is 6.74. The van der Waals surface area contributed by atoms with E-state index in [2.05, 4.69) is 0 Å². The Morgan fingerprint density at radius 2 is 2.17 bits per heavy atom. The molecule has 18 heavy (non-hydrogen) atoms. The minimum atomic E-state index is -3.27. The van der Waals surface area contributed by atoms with Gasteiger partial charge in [0.25, 0.3) is 0 Å². The van der Waals surface area contributed by atoms with Crippen LogP contribution < -0.4 is 0 Å². The molecular weight excluding hydrogens is 272 g/mol. The summed E-state index contributed by atoms with van der Waals surface area (Å²) >= 11 is 5.49. The summed E-state index contributed by atoms with van der Waals surface area (Å²) in [7, 11) is -1.74. The molecule has 0 aliphatic rings. The highest BCUT2D eigenvalue weighted by molar-refractivity contribution is 7.89. The number of alkyl halides is 1. The molecule has 98 valence electrons. The number of hydrogen-bond acceptors (Lipinski definition) is 3. The third-order valence-corrected chi connectivity index (χ3v) is 4.62. The molecule has 0 saturated carbocycles. The van der Waals surface area contributed by atoms with E-state index in [1.165, 1.54) is 11.4 Å². The monoisotopic (exact) mass is 286 g/mol. The highest BCUT2D eigenvalue weighted by Gasteiger charge is 2.17. The maximum Gasteiger partial charge on any atom is 0.214 e. The van der Waals surface area contributed by atoms with Gasteiger partial charge in [-0.15, -0.1) is 11.6 Å². The van der Waals surface area contributed by atoms with Crippen LogP contribution in [-0.4, -0.2) is 31.4 Å². The van der Waals surface area contributed by atoms with E-state index in [0.717, 1.165) is 5.56 Å². The van der Waals surface area contributed by atoms with Gasteiger partial charge in [0.2, 0.25) is 10.0 Å². The first-order chi connectivity index (χ1) is 8.49. The zero-order chi connectivity index (χ0) is 13.6. The van der Waals surface area contributed by atoms with Crippen molar-refractivity contribution in [3.63, 3.8) is 0 Å². The van der Waals surface area contributed by atoms with Crippen LogP contribution in [-0.2, 0) is 16.6 Å². The molecule has 0 N–H and O–H groups in total. The van der Waals surface area contributed by atoms with Gasteiger partial charge in [0, 0.05) is 19.5 Å². The molecule has 4 nitrogen and oxygen atoms in total. The van der Waals surface area contributed by atoms with Crippen LogP contribution in [0.1, 0.15) is 17.5 Å². The van der Waals surface area contributed by atoms with Gasteiger partial charge in [0.1, 0.15) is 0 Å². The molecule has 6 heteroatoms. The number of hydrogen-bond donors (Lipinski definition) is 0. The second-order valence-electron chi connectivity index (χ2n) is 3.93. The van der Waals surface area contributed by atoms with E-state index in [9.17, 15) is 8.42 Å². The van der Waals surface area contributed by atoms with Gasteiger partial charge in [-0.1, -0.05) is 12.1 Å². The van der Waals surface area contributed by atoms with Crippen LogP contribution in [0.25, 0.3) is 0 Å². The maximum absolute atomic E-state index is 11.9. The fourth-order valence-electron chi connectivity index (χ4n) is 1.49. The van der Waals surface area contributed by atoms with E-state index in [-0.39, 0.29) is 12.3 Å². The number of nitrogens with zero attached hydrogens (tertiary/aromatic N) is 2. The summed E-state index contributed by atoms with van der Waals surface area (Å²) in [4.78, 5) is 0. The van der Waals surface area contributed by atoms with Crippen LogP contribution in [0.3, 0.4) is 0 Å². The fourth-order valence-corrected chi connectivity index (χ4v) is 2.95. The van der Waals surface area contributed by atoms with Gasteiger partial charge in [-0.05, 0) is 24.1 Å². The average molecular weight is 287 g/mol. The number of nitriles is 1. The summed E-state index contributed by atoms with van der Waals surface area (Å²) < 4.78 is 25.0. The first-order valence-electron chi connectivity index (χ1n) is 5.48. The van der Waals surface area contributed by atoms with E-state index >= 15 is 0 Å². The molecule has 0 heterocycles. The minimum absolute atomic E-state index is 0.0466. The van der Waals surface area contributed by atoms with E-state index in [1.807, 2.05) is 6.07 Å². The molecule has 0 bridgehead atoms. The van der Waals surface area contributed by atoms with Crippen LogP contribution >= 0.6 is 11.6 Å². The van der Waals surface area contributed by atoms with Crippen molar-refractivity contribution in [2.75, 3.05) is 18.7 Å². The van der Waals surface area contributed by atoms with Gasteiger partial charge in [-0.25, -0.2) is 12.7 Å². The summed E-state index contributed by atoms with van der Waals surface area (Å²) in [5.74, 6) is 0.377. The molecule has 1 rings (SSSR count). The lowest BCUT2D eigenvalue weighted by Gasteiger charge is -2.16. The highest BCUT2D eigenvalue weighted by atomic mass is 35.5. The van der Waals surface area contributed by atoms with E-state index in [0.29, 0.717) is 17.9 Å². The van der Waals surface area contributed by atoms with Crippen molar-refractivity contribution in [3.8, 4) is 6.07 Å². The maximum atomic E-state index is 11.9. The van der Waals surface area contributed by atoms with E-state index in [4.69, 9.17) is 16.9 Å². The molecule has 1 aromatic rings. The number of rotatable bonds is 6. The molecule has 0 atom stereocenters. The summed E-state index contributed by atoms with van der Waals surface area (Å²) in [5, 5.41) is 8.78. The molecule has 0 unspecified atom stereocenters. The van der Waals surface area contributed by atoms with Gasteiger partial charge >= 0.3 is 0 Å². The molecule has 0 radical (unpaired) electrons. The van der Waals surface area contributed by atoms with Gasteiger partial charge in [0.15, 0.2) is 0 Å². The Balaban J connectivity index is 2.75. The smallest absolute Gasteiger partial charge is 0.212 e. The lowest BCUT2D eigenvalue weighted by molar-refractivity contribution is 0.466. The number of halogens is 1. The second-order valence-corrected chi connectivity index (χ2v) is 6.50. The molecule has 0 saturated heterocycles. The lowest BCUT2D eigenvalue weighted by atomic mass is 10.1. The van der Waals surface area contributed by atoms with Crippen molar-refractivity contribution < 1.29 is 8.42 Å². The Morgan fingerprint density at radius 1 is 1.44 bits per heavy atom. The quantitative estimate of drug-likeness (QED) is 0.751. The minimum Gasteiger partial charge on any atom is -0.212 e. The molecule has 0 amide bonds. The number of benzene rings is 1. The third kappa shape index (κ3) is 4.30. The predicted octanol–water partition coefficient (Wildman–Crippen LogP) is 1.95. The van der Waals surface area contributed by atoms with Gasteiger partial charge < -0.3 is 0 Å². The van der Waals surface area contributed by atoms with Gasteiger partial charge in [0.05, 0.1) is 17.4 Å². The summed E-state index contributed by atoms with van der Waals surface area (Å²) in [6, 6.07) is 8.95. The third-order valence-electron chi connectivity index (χ3n) is 2.47. The van der Waals surface area contributed by atoms with Crippen molar-refractivity contribution in [3.05, 3.63) is 35.4 Å². The van der Waals surface area contributed by atoms with Crippen LogP contribution in [0.15, 0.2) is 24.3 Å². The largest absolute Gasteiger partial charge is 0.214 e. The van der Waals surface area contributed by atoms with E-state index in [1.54, 1.807) is 24.3 Å². The molecule has 0 aliphatic carbocycles. The van der Waals surface area contributed by atoms with Crippen molar-refractivity contribution in [2.24, 2.45) is 0 Å². The zero-order valence-electron chi connectivity index (χ0n) is 10.1. The Labute approximate surface area is 113 Å². The molecule has 0 aromatic heterocycles. The summed E-state index contributed by atoms with van der Waals surface area (Å²) in [6.07, 6.45) is 0.437. The lowest BCUT2D eigenvalue weighted by Crippen LogP contribution is -2.29. The molecule has 0 spiro atoms. The Bertz CT molecular complexity index is 537. The molecule has 1 aromatic carbocycles. The molecule has 0 fully saturated rings. The fraction of sp³-hybridized carbons (Fsp3) is 0.417. The Hall–Kier alpha value is -1.09. The predicted molar refractivity (Wildman–Crippen MR) is 71.7 cm³/mol. The van der Waals surface area contributed by atoms with Crippen molar-refractivity contribution in [1.29, 1.82) is 5.26 Å².